The lowest BCUT2D eigenvalue weighted by molar-refractivity contribution is -0.148. The zero-order chi connectivity index (χ0) is 21.4. The van der Waals surface area contributed by atoms with Crippen molar-refractivity contribution in [3.05, 3.63) is 51.9 Å². The molecule has 2 aliphatic heterocycles. The number of nitrogens with zero attached hydrogens (tertiary/aromatic N) is 3. The van der Waals surface area contributed by atoms with Gasteiger partial charge < -0.3 is 10.4 Å². The van der Waals surface area contributed by atoms with Crippen molar-refractivity contribution in [3.8, 4) is 0 Å². The highest BCUT2D eigenvalue weighted by Crippen LogP contribution is 2.41. The standard InChI is InChI=1S/C18H15FN4O4S3/c1-8-21-22-18(30-8)29-7-10-6-28-16-12(15(25)23(16)13(10)17(26)27)20-14(24)9-3-2-4-11(19)5-9/h2-5,12,16H,6-7H2,1H3,(H,20,24)(H,26,27). The van der Waals surface area contributed by atoms with Crippen LogP contribution in [0.25, 0.3) is 0 Å². The molecule has 0 spiro atoms. The third kappa shape index (κ3) is 3.94. The van der Waals surface area contributed by atoms with Crippen LogP contribution in [0.2, 0.25) is 0 Å². The van der Waals surface area contributed by atoms with Crippen molar-refractivity contribution >= 4 is 52.6 Å². The number of carboxylic acid groups (broad SMARTS) is 1. The molecule has 30 heavy (non-hydrogen) atoms. The average Bonchev–Trinajstić information content (AvgIpc) is 3.14. The van der Waals surface area contributed by atoms with Crippen molar-refractivity contribution in [2.24, 2.45) is 0 Å². The van der Waals surface area contributed by atoms with Gasteiger partial charge in [-0.1, -0.05) is 29.2 Å². The molecule has 0 bridgehead atoms. The van der Waals surface area contributed by atoms with Crippen LogP contribution in [-0.2, 0) is 9.59 Å². The molecular formula is C18H15FN4O4S3. The second-order valence-corrected chi connectivity index (χ2v) is 10.0. The summed E-state index contributed by atoms with van der Waals surface area (Å²) in [6, 6.07) is 4.29. The summed E-state index contributed by atoms with van der Waals surface area (Å²) in [6.07, 6.45) is 0. The van der Waals surface area contributed by atoms with Crippen LogP contribution in [0.15, 0.2) is 39.9 Å². The summed E-state index contributed by atoms with van der Waals surface area (Å²) < 4.78 is 14.1. The Hall–Kier alpha value is -2.44. The van der Waals surface area contributed by atoms with Crippen LogP contribution in [0, 0.1) is 12.7 Å². The van der Waals surface area contributed by atoms with Gasteiger partial charge in [0.05, 0.1) is 0 Å². The van der Waals surface area contributed by atoms with Crippen molar-refractivity contribution in [1.29, 1.82) is 0 Å². The molecule has 156 valence electrons. The molecule has 2 unspecified atom stereocenters. The number of thioether (sulfide) groups is 2. The van der Waals surface area contributed by atoms with Gasteiger partial charge in [0.25, 0.3) is 11.8 Å². The van der Waals surface area contributed by atoms with Crippen LogP contribution in [0.4, 0.5) is 4.39 Å². The molecule has 12 heteroatoms. The van der Waals surface area contributed by atoms with Gasteiger partial charge in [-0.3, -0.25) is 14.5 Å². The number of aromatic nitrogens is 2. The first-order valence-electron chi connectivity index (χ1n) is 8.74. The molecule has 2 N–H and O–H groups in total. The number of β-lactam (4-membered cyclic amide) rings is 1. The number of fused-ring (bicyclic) bond motifs is 1. The average molecular weight is 467 g/mol. The van der Waals surface area contributed by atoms with Crippen LogP contribution in [0.1, 0.15) is 15.4 Å². The molecule has 2 aliphatic rings. The third-order valence-corrected chi connectivity index (χ3v) is 7.90. The maximum Gasteiger partial charge on any atom is 0.352 e. The van der Waals surface area contributed by atoms with E-state index in [1.807, 2.05) is 6.92 Å². The molecule has 1 saturated heterocycles. The van der Waals surface area contributed by atoms with Crippen LogP contribution >= 0.6 is 34.9 Å². The Morgan fingerprint density at radius 3 is 2.87 bits per heavy atom. The molecule has 0 radical (unpaired) electrons. The summed E-state index contributed by atoms with van der Waals surface area (Å²) in [4.78, 5) is 38.1. The molecule has 1 fully saturated rings. The molecular weight excluding hydrogens is 451 g/mol. The van der Waals surface area contributed by atoms with Gasteiger partial charge in [0.15, 0.2) is 4.34 Å². The van der Waals surface area contributed by atoms with E-state index in [1.54, 1.807) is 0 Å². The smallest absolute Gasteiger partial charge is 0.352 e. The van der Waals surface area contributed by atoms with Gasteiger partial charge in [0.1, 0.15) is 27.9 Å². The van der Waals surface area contributed by atoms with E-state index >= 15 is 0 Å². The zero-order valence-electron chi connectivity index (χ0n) is 15.5. The predicted molar refractivity (Wildman–Crippen MR) is 111 cm³/mol. The first-order valence-corrected chi connectivity index (χ1v) is 11.6. The van der Waals surface area contributed by atoms with Crippen molar-refractivity contribution < 1.29 is 23.9 Å². The molecule has 0 aliphatic carbocycles. The Morgan fingerprint density at radius 1 is 1.40 bits per heavy atom. The minimum absolute atomic E-state index is 0.0475. The summed E-state index contributed by atoms with van der Waals surface area (Å²) in [5, 5.41) is 20.5. The molecule has 1 aromatic heterocycles. The van der Waals surface area contributed by atoms with E-state index in [9.17, 15) is 23.9 Å². The van der Waals surface area contributed by atoms with Gasteiger partial charge in [-0.15, -0.1) is 22.0 Å². The van der Waals surface area contributed by atoms with Gasteiger partial charge in [-0.2, -0.15) is 0 Å². The van der Waals surface area contributed by atoms with E-state index in [0.717, 1.165) is 15.4 Å². The van der Waals surface area contributed by atoms with E-state index in [0.29, 0.717) is 17.1 Å². The monoisotopic (exact) mass is 466 g/mol. The molecule has 2 atom stereocenters. The Bertz CT molecular complexity index is 1070. The van der Waals surface area contributed by atoms with Crippen LogP contribution < -0.4 is 5.32 Å². The van der Waals surface area contributed by atoms with E-state index in [-0.39, 0.29) is 11.3 Å². The maximum absolute atomic E-state index is 13.3. The summed E-state index contributed by atoms with van der Waals surface area (Å²) in [7, 11) is 0. The quantitative estimate of drug-likeness (QED) is 0.492. The minimum Gasteiger partial charge on any atom is -0.477 e. The number of carbonyl (C=O) groups is 3. The molecule has 2 amide bonds. The van der Waals surface area contributed by atoms with Crippen LogP contribution in [0.5, 0.6) is 0 Å². The number of carbonyl (C=O) groups excluding carboxylic acids is 2. The fraction of sp³-hybridized carbons (Fsp3) is 0.278. The number of aryl methyl sites for hydroxylation is 1. The number of nitrogens with one attached hydrogen (secondary N) is 1. The molecule has 0 saturated carbocycles. The van der Waals surface area contributed by atoms with Gasteiger partial charge in [-0.25, -0.2) is 9.18 Å². The van der Waals surface area contributed by atoms with E-state index in [1.165, 1.54) is 58.0 Å². The normalized spacial score (nSPS) is 20.6. The number of hydrogen-bond donors (Lipinski definition) is 2. The lowest BCUT2D eigenvalue weighted by Crippen LogP contribution is -2.70. The largest absolute Gasteiger partial charge is 0.477 e. The summed E-state index contributed by atoms with van der Waals surface area (Å²) in [5.41, 5.74) is 0.666. The summed E-state index contributed by atoms with van der Waals surface area (Å²) in [6.45, 7) is 1.84. The Labute approximate surface area is 182 Å². The Balaban J connectivity index is 1.48. The van der Waals surface area contributed by atoms with Gasteiger partial charge >= 0.3 is 5.97 Å². The van der Waals surface area contributed by atoms with E-state index in [4.69, 9.17) is 0 Å². The topological polar surface area (TPSA) is 112 Å². The van der Waals surface area contributed by atoms with Gasteiger partial charge in [-0.05, 0) is 30.7 Å². The number of aliphatic carboxylic acids is 1. The fourth-order valence-electron chi connectivity index (χ4n) is 3.13. The Kier molecular flexibility index (Phi) is 5.80. The fourth-order valence-corrected chi connectivity index (χ4v) is 6.43. The highest BCUT2D eigenvalue weighted by atomic mass is 32.2. The van der Waals surface area contributed by atoms with Crippen LogP contribution in [-0.4, -0.2) is 60.9 Å². The number of rotatable bonds is 6. The molecule has 3 heterocycles. The van der Waals surface area contributed by atoms with Gasteiger partial charge in [0.2, 0.25) is 0 Å². The molecule has 4 rings (SSSR count). The van der Waals surface area contributed by atoms with Crippen molar-refractivity contribution in [3.63, 3.8) is 0 Å². The molecule has 8 nitrogen and oxygen atoms in total. The third-order valence-electron chi connectivity index (χ3n) is 4.50. The first kappa shape index (κ1) is 20.8. The van der Waals surface area contributed by atoms with Crippen molar-refractivity contribution in [1.82, 2.24) is 20.4 Å². The number of amides is 2. The lowest BCUT2D eigenvalue weighted by atomic mass is 10.0. The van der Waals surface area contributed by atoms with E-state index < -0.39 is 35.0 Å². The highest BCUT2D eigenvalue weighted by Gasteiger charge is 2.54. The Morgan fingerprint density at radius 2 is 2.20 bits per heavy atom. The number of benzene rings is 1. The van der Waals surface area contributed by atoms with E-state index in [2.05, 4.69) is 15.5 Å². The predicted octanol–water partition coefficient (Wildman–Crippen LogP) is 2.13. The number of hydrogen-bond acceptors (Lipinski definition) is 8. The minimum atomic E-state index is -1.19. The first-order chi connectivity index (χ1) is 14.3. The maximum atomic E-state index is 13.3. The summed E-state index contributed by atoms with van der Waals surface area (Å²) >= 11 is 4.18. The number of halogens is 1. The zero-order valence-corrected chi connectivity index (χ0v) is 17.9. The SMILES string of the molecule is Cc1nnc(SCC2=C(C(=O)O)N3C(=O)C(NC(=O)c4cccc(F)c4)C3SC2)s1. The molecule has 1 aromatic carbocycles. The number of carboxylic acids is 1. The van der Waals surface area contributed by atoms with Crippen molar-refractivity contribution in [2.75, 3.05) is 11.5 Å². The van der Waals surface area contributed by atoms with Crippen LogP contribution in [0.3, 0.4) is 0 Å². The van der Waals surface area contributed by atoms with Gasteiger partial charge in [0, 0.05) is 17.1 Å². The second kappa shape index (κ2) is 8.36. The summed E-state index contributed by atoms with van der Waals surface area (Å²) in [5.74, 6) is -2.04. The molecule has 2 aromatic rings. The highest BCUT2D eigenvalue weighted by molar-refractivity contribution is 8.01. The van der Waals surface area contributed by atoms with Crippen molar-refractivity contribution in [2.45, 2.75) is 22.7 Å². The lowest BCUT2D eigenvalue weighted by Gasteiger charge is -2.49. The second-order valence-electron chi connectivity index (χ2n) is 6.50.